The lowest BCUT2D eigenvalue weighted by Crippen LogP contribution is -2.27. The van der Waals surface area contributed by atoms with Crippen LogP contribution in [-0.2, 0) is 25.6 Å². The van der Waals surface area contributed by atoms with Crippen LogP contribution in [0.1, 0.15) is 26.5 Å². The molecule has 1 aromatic rings. The van der Waals surface area contributed by atoms with Crippen LogP contribution >= 0.6 is 15.9 Å². The molecule has 1 N–H and O–H groups in total. The van der Waals surface area contributed by atoms with Crippen LogP contribution in [0.5, 0.6) is 0 Å². The normalized spacial score (nSPS) is 12.0. The Bertz CT molecular complexity index is 625. The van der Waals surface area contributed by atoms with Crippen LogP contribution in [0.2, 0.25) is 0 Å². The number of anilines is 1. The molecule has 0 aromatic carbocycles. The van der Waals surface area contributed by atoms with Gasteiger partial charge in [0.15, 0.2) is 0 Å². The fourth-order valence-corrected chi connectivity index (χ4v) is 1.89. The fraction of sp³-hybridized carbons (Fsp3) is 0.500. The Morgan fingerprint density at radius 3 is 2.52 bits per heavy atom. The molecule has 21 heavy (non-hydrogen) atoms. The van der Waals surface area contributed by atoms with Gasteiger partial charge in [0.25, 0.3) is 10.1 Å². The zero-order valence-electron chi connectivity index (χ0n) is 12.1. The molecule has 0 saturated carbocycles. The predicted octanol–water partition coefficient (Wildman–Crippen LogP) is 2.67. The predicted molar refractivity (Wildman–Crippen MR) is 81.4 cm³/mol. The molecule has 0 unspecified atom stereocenters. The first-order chi connectivity index (χ1) is 9.46. The highest BCUT2D eigenvalue weighted by molar-refractivity contribution is 9.10. The molecule has 1 heterocycles. The van der Waals surface area contributed by atoms with Gasteiger partial charge in [0.2, 0.25) is 0 Å². The van der Waals surface area contributed by atoms with E-state index in [1.165, 1.54) is 0 Å². The highest BCUT2D eigenvalue weighted by Crippen LogP contribution is 2.19. The van der Waals surface area contributed by atoms with Gasteiger partial charge in [-0.05, 0) is 48.8 Å². The van der Waals surface area contributed by atoms with Gasteiger partial charge in [-0.15, -0.1) is 0 Å². The second kappa shape index (κ2) is 6.71. The molecule has 0 aliphatic heterocycles. The maximum Gasteiger partial charge on any atom is 0.413 e. The Hall–Kier alpha value is -1.19. The molecule has 0 radical (unpaired) electrons. The molecule has 0 spiro atoms. The summed E-state index contributed by atoms with van der Waals surface area (Å²) in [7, 11) is -3.57. The van der Waals surface area contributed by atoms with Crippen molar-refractivity contribution in [3.05, 3.63) is 22.3 Å². The summed E-state index contributed by atoms with van der Waals surface area (Å²) in [6, 6.07) is 3.18. The highest BCUT2D eigenvalue weighted by Gasteiger charge is 2.17. The summed E-state index contributed by atoms with van der Waals surface area (Å²) < 4.78 is 32.3. The molecule has 118 valence electrons. The van der Waals surface area contributed by atoms with E-state index in [0.29, 0.717) is 10.2 Å². The molecule has 1 rings (SSSR count). The average molecular weight is 381 g/mol. The Morgan fingerprint density at radius 1 is 1.38 bits per heavy atom. The molecule has 0 aliphatic rings. The van der Waals surface area contributed by atoms with Gasteiger partial charge in [-0.25, -0.2) is 9.78 Å². The van der Waals surface area contributed by atoms with E-state index in [4.69, 9.17) is 4.74 Å². The lowest BCUT2D eigenvalue weighted by atomic mass is 10.2. The van der Waals surface area contributed by atoms with Gasteiger partial charge in [0.1, 0.15) is 18.0 Å². The van der Waals surface area contributed by atoms with Crippen molar-refractivity contribution in [2.45, 2.75) is 33.0 Å². The summed E-state index contributed by atoms with van der Waals surface area (Å²) in [6.07, 6.45) is 0.302. The minimum absolute atomic E-state index is 0.233. The second-order valence-electron chi connectivity index (χ2n) is 5.22. The molecule has 0 fully saturated rings. The first-order valence-electron chi connectivity index (χ1n) is 5.96. The van der Waals surface area contributed by atoms with Crippen LogP contribution < -0.4 is 5.32 Å². The Kier molecular flexibility index (Phi) is 5.71. The zero-order valence-corrected chi connectivity index (χ0v) is 14.5. The molecule has 0 bridgehead atoms. The number of pyridine rings is 1. The van der Waals surface area contributed by atoms with Crippen molar-refractivity contribution in [3.63, 3.8) is 0 Å². The summed E-state index contributed by atoms with van der Waals surface area (Å²) >= 11 is 3.23. The number of carbonyl (C=O) groups is 1. The molecule has 1 aromatic heterocycles. The number of halogens is 1. The standard InChI is InChI=1S/C12H17BrN2O5S/c1-12(2,3)20-11(16)15-10-6-5-8(13)9(14-10)7-19-21(4,17)18/h5-6H,7H2,1-4H3,(H,14,15,16). The van der Waals surface area contributed by atoms with Crippen molar-refractivity contribution >= 4 is 38.0 Å². The Labute approximate surface area is 132 Å². The number of aromatic nitrogens is 1. The lowest BCUT2D eigenvalue weighted by molar-refractivity contribution is 0.0635. The minimum Gasteiger partial charge on any atom is -0.444 e. The van der Waals surface area contributed by atoms with E-state index in [0.717, 1.165) is 6.26 Å². The maximum absolute atomic E-state index is 11.6. The number of rotatable bonds is 4. The number of ether oxygens (including phenoxy) is 1. The largest absolute Gasteiger partial charge is 0.444 e. The maximum atomic E-state index is 11.6. The molecule has 7 nitrogen and oxygen atoms in total. The van der Waals surface area contributed by atoms with Crippen molar-refractivity contribution in [3.8, 4) is 0 Å². The van der Waals surface area contributed by atoms with Crippen molar-refractivity contribution in [2.75, 3.05) is 11.6 Å². The monoisotopic (exact) mass is 380 g/mol. The average Bonchev–Trinajstić information content (AvgIpc) is 2.26. The van der Waals surface area contributed by atoms with Crippen molar-refractivity contribution in [2.24, 2.45) is 0 Å². The van der Waals surface area contributed by atoms with E-state index in [1.807, 2.05) is 0 Å². The molecule has 0 saturated heterocycles. The van der Waals surface area contributed by atoms with Crippen molar-refractivity contribution in [1.29, 1.82) is 0 Å². The van der Waals surface area contributed by atoms with Crippen molar-refractivity contribution < 1.29 is 22.1 Å². The number of amides is 1. The third kappa shape index (κ3) is 7.39. The Balaban J connectivity index is 2.79. The van der Waals surface area contributed by atoms with E-state index >= 15 is 0 Å². The van der Waals surface area contributed by atoms with Gasteiger partial charge in [-0.3, -0.25) is 9.50 Å². The van der Waals surface area contributed by atoms with Gasteiger partial charge >= 0.3 is 6.09 Å². The second-order valence-corrected chi connectivity index (χ2v) is 7.72. The van der Waals surface area contributed by atoms with Crippen LogP contribution in [0.3, 0.4) is 0 Å². The topological polar surface area (TPSA) is 94.6 Å². The summed E-state index contributed by atoms with van der Waals surface area (Å²) in [4.78, 5) is 15.7. The Morgan fingerprint density at radius 2 is 2.00 bits per heavy atom. The van der Waals surface area contributed by atoms with Gasteiger partial charge in [0, 0.05) is 4.47 Å². The van der Waals surface area contributed by atoms with Crippen molar-refractivity contribution in [1.82, 2.24) is 4.98 Å². The quantitative estimate of drug-likeness (QED) is 0.806. The van der Waals surface area contributed by atoms with Crippen LogP contribution in [0.25, 0.3) is 0 Å². The first kappa shape index (κ1) is 17.9. The van der Waals surface area contributed by atoms with Crippen LogP contribution in [0.15, 0.2) is 16.6 Å². The molecule has 9 heteroatoms. The van der Waals surface area contributed by atoms with E-state index in [1.54, 1.807) is 32.9 Å². The third-order valence-corrected chi connectivity index (χ3v) is 3.23. The molecular weight excluding hydrogens is 364 g/mol. The van der Waals surface area contributed by atoms with E-state index in [2.05, 4.69) is 30.4 Å². The molecule has 0 aliphatic carbocycles. The van der Waals surface area contributed by atoms with Gasteiger partial charge in [-0.1, -0.05) is 0 Å². The number of hydrogen-bond donors (Lipinski definition) is 1. The fourth-order valence-electron chi connectivity index (χ4n) is 1.23. The summed E-state index contributed by atoms with van der Waals surface area (Å²) in [5, 5.41) is 2.47. The van der Waals surface area contributed by atoms with E-state index < -0.39 is 21.8 Å². The first-order valence-corrected chi connectivity index (χ1v) is 8.57. The minimum atomic E-state index is -3.57. The van der Waals surface area contributed by atoms with Crippen LogP contribution in [0.4, 0.5) is 10.6 Å². The van der Waals surface area contributed by atoms with Crippen LogP contribution in [-0.4, -0.2) is 31.4 Å². The van der Waals surface area contributed by atoms with Gasteiger partial charge in [0.05, 0.1) is 11.9 Å². The lowest BCUT2D eigenvalue weighted by Gasteiger charge is -2.19. The third-order valence-electron chi connectivity index (χ3n) is 1.96. The van der Waals surface area contributed by atoms with Gasteiger partial charge in [-0.2, -0.15) is 8.42 Å². The highest BCUT2D eigenvalue weighted by atomic mass is 79.9. The zero-order chi connectivity index (χ0) is 16.3. The summed E-state index contributed by atoms with van der Waals surface area (Å²) in [6.45, 7) is 5.00. The molecular formula is C12H17BrN2O5S. The van der Waals surface area contributed by atoms with E-state index in [9.17, 15) is 13.2 Å². The number of hydrogen-bond acceptors (Lipinski definition) is 6. The SMILES string of the molecule is CC(C)(C)OC(=O)Nc1ccc(Br)c(COS(C)(=O)=O)n1. The number of nitrogens with one attached hydrogen (secondary N) is 1. The smallest absolute Gasteiger partial charge is 0.413 e. The number of nitrogens with zero attached hydrogens (tertiary/aromatic N) is 1. The number of carbonyl (C=O) groups excluding carboxylic acids is 1. The summed E-state index contributed by atoms with van der Waals surface area (Å²) in [5.74, 6) is 0.236. The van der Waals surface area contributed by atoms with E-state index in [-0.39, 0.29) is 12.4 Å². The molecule has 1 amide bonds. The summed E-state index contributed by atoms with van der Waals surface area (Å²) in [5.41, 5.74) is -0.282. The van der Waals surface area contributed by atoms with Gasteiger partial charge < -0.3 is 4.74 Å². The van der Waals surface area contributed by atoms with Crippen LogP contribution in [0, 0.1) is 0 Å². The molecule has 0 atom stereocenters.